The summed E-state index contributed by atoms with van der Waals surface area (Å²) in [7, 11) is 3.48. The first-order valence-electron chi connectivity index (χ1n) is 10.9. The minimum atomic E-state index is 0.223. The van der Waals surface area contributed by atoms with Gasteiger partial charge in [0.2, 0.25) is 0 Å². The smallest absolute Gasteiger partial charge is 0.191 e. The molecule has 2 N–H and O–H groups in total. The molecular formula is C25H37N3O3. The van der Waals surface area contributed by atoms with Gasteiger partial charge in [-0.2, -0.15) is 0 Å². The average Bonchev–Trinajstić information content (AvgIpc) is 2.76. The molecule has 0 aromatic heterocycles. The standard InChI is InChI=1S/C25H37N3O3/c1-19(2)31-18-22-9-6-8-21(15-22)16-27-25(26-4)28-17-23-11-10-20(3)14-24(23)30-13-7-12-29-5/h6,8-11,14-15,19H,7,12-13,16-18H2,1-5H3,(H2,26,27,28). The molecule has 0 radical (unpaired) electrons. The van der Waals surface area contributed by atoms with E-state index in [-0.39, 0.29) is 6.10 Å². The molecule has 0 bridgehead atoms. The van der Waals surface area contributed by atoms with E-state index in [2.05, 4.69) is 65.0 Å². The normalized spacial score (nSPS) is 11.6. The Labute approximate surface area is 187 Å². The molecule has 0 fully saturated rings. The fourth-order valence-electron chi connectivity index (χ4n) is 3.01. The first-order valence-corrected chi connectivity index (χ1v) is 10.9. The largest absolute Gasteiger partial charge is 0.493 e. The van der Waals surface area contributed by atoms with E-state index in [1.165, 1.54) is 16.7 Å². The molecule has 0 unspecified atom stereocenters. The molecule has 0 amide bonds. The number of ether oxygens (including phenoxy) is 3. The maximum Gasteiger partial charge on any atom is 0.191 e. The van der Waals surface area contributed by atoms with Crippen molar-refractivity contribution in [3.63, 3.8) is 0 Å². The van der Waals surface area contributed by atoms with Gasteiger partial charge in [0.15, 0.2) is 5.96 Å². The van der Waals surface area contributed by atoms with Crippen molar-refractivity contribution in [2.24, 2.45) is 4.99 Å². The molecule has 0 atom stereocenters. The zero-order valence-corrected chi connectivity index (χ0v) is 19.5. The van der Waals surface area contributed by atoms with E-state index in [9.17, 15) is 0 Å². The number of nitrogens with zero attached hydrogens (tertiary/aromatic N) is 1. The molecule has 0 aliphatic heterocycles. The van der Waals surface area contributed by atoms with E-state index in [1.54, 1.807) is 14.2 Å². The second-order valence-corrected chi connectivity index (χ2v) is 7.77. The minimum Gasteiger partial charge on any atom is -0.493 e. The molecule has 0 heterocycles. The second-order valence-electron chi connectivity index (χ2n) is 7.77. The average molecular weight is 428 g/mol. The summed E-state index contributed by atoms with van der Waals surface area (Å²) in [5.41, 5.74) is 4.63. The van der Waals surface area contributed by atoms with Gasteiger partial charge < -0.3 is 24.8 Å². The first kappa shape index (κ1) is 24.7. The van der Waals surface area contributed by atoms with E-state index >= 15 is 0 Å². The van der Waals surface area contributed by atoms with E-state index in [0.717, 1.165) is 23.7 Å². The summed E-state index contributed by atoms with van der Waals surface area (Å²) < 4.78 is 16.8. The molecular weight excluding hydrogens is 390 g/mol. The highest BCUT2D eigenvalue weighted by molar-refractivity contribution is 5.79. The Balaban J connectivity index is 1.89. The van der Waals surface area contributed by atoms with E-state index in [0.29, 0.717) is 32.9 Å². The van der Waals surface area contributed by atoms with Crippen LogP contribution in [-0.4, -0.2) is 39.4 Å². The molecule has 2 aromatic rings. The highest BCUT2D eigenvalue weighted by Crippen LogP contribution is 2.20. The third-order valence-electron chi connectivity index (χ3n) is 4.68. The molecule has 0 saturated carbocycles. The fraction of sp³-hybridized carbons (Fsp3) is 0.480. The number of hydrogen-bond donors (Lipinski definition) is 2. The van der Waals surface area contributed by atoms with E-state index < -0.39 is 0 Å². The van der Waals surface area contributed by atoms with Crippen molar-refractivity contribution < 1.29 is 14.2 Å². The van der Waals surface area contributed by atoms with Crippen molar-refractivity contribution in [1.29, 1.82) is 0 Å². The van der Waals surface area contributed by atoms with Crippen LogP contribution < -0.4 is 15.4 Å². The highest BCUT2D eigenvalue weighted by Gasteiger charge is 2.07. The van der Waals surface area contributed by atoms with Crippen LogP contribution in [0, 0.1) is 6.92 Å². The van der Waals surface area contributed by atoms with Crippen molar-refractivity contribution >= 4 is 5.96 Å². The van der Waals surface area contributed by atoms with Gasteiger partial charge in [0.05, 0.1) is 19.3 Å². The lowest BCUT2D eigenvalue weighted by Crippen LogP contribution is -2.36. The van der Waals surface area contributed by atoms with Gasteiger partial charge in [0.1, 0.15) is 5.75 Å². The molecule has 0 aliphatic carbocycles. The molecule has 31 heavy (non-hydrogen) atoms. The summed E-state index contributed by atoms with van der Waals surface area (Å²) in [4.78, 5) is 4.35. The van der Waals surface area contributed by atoms with Crippen LogP contribution in [0.4, 0.5) is 0 Å². The van der Waals surface area contributed by atoms with Crippen LogP contribution in [0.25, 0.3) is 0 Å². The van der Waals surface area contributed by atoms with Crippen LogP contribution in [-0.2, 0) is 29.2 Å². The Kier molecular flexibility index (Phi) is 10.9. The number of benzene rings is 2. The van der Waals surface area contributed by atoms with E-state index in [1.807, 2.05) is 13.8 Å². The lowest BCUT2D eigenvalue weighted by molar-refractivity contribution is 0.0657. The highest BCUT2D eigenvalue weighted by atomic mass is 16.5. The van der Waals surface area contributed by atoms with Crippen molar-refractivity contribution in [3.8, 4) is 5.75 Å². The molecule has 2 aromatic carbocycles. The Bertz CT molecular complexity index is 821. The molecule has 0 spiro atoms. The van der Waals surface area contributed by atoms with Crippen molar-refractivity contribution in [2.45, 2.75) is 53.0 Å². The Hall–Kier alpha value is -2.57. The maximum absolute atomic E-state index is 5.98. The Morgan fingerprint density at radius 2 is 1.77 bits per heavy atom. The van der Waals surface area contributed by atoms with Crippen LogP contribution >= 0.6 is 0 Å². The lowest BCUT2D eigenvalue weighted by atomic mass is 10.1. The number of aliphatic imine (C=N–C) groups is 1. The van der Waals surface area contributed by atoms with Gasteiger partial charge >= 0.3 is 0 Å². The lowest BCUT2D eigenvalue weighted by Gasteiger charge is -2.16. The quantitative estimate of drug-likeness (QED) is 0.302. The fourth-order valence-corrected chi connectivity index (χ4v) is 3.01. The summed E-state index contributed by atoms with van der Waals surface area (Å²) in [5, 5.41) is 6.76. The molecule has 0 aliphatic rings. The summed E-state index contributed by atoms with van der Waals surface area (Å²) >= 11 is 0. The minimum absolute atomic E-state index is 0.223. The number of rotatable bonds is 12. The number of guanidine groups is 1. The van der Waals surface area contributed by atoms with Gasteiger partial charge in [-0.3, -0.25) is 4.99 Å². The van der Waals surface area contributed by atoms with Gasteiger partial charge in [0, 0.05) is 45.8 Å². The molecule has 0 saturated heterocycles. The van der Waals surface area contributed by atoms with Crippen molar-refractivity contribution in [1.82, 2.24) is 10.6 Å². The van der Waals surface area contributed by atoms with Gasteiger partial charge in [-0.1, -0.05) is 36.4 Å². The van der Waals surface area contributed by atoms with Crippen LogP contribution in [0.5, 0.6) is 5.75 Å². The molecule has 6 heteroatoms. The number of hydrogen-bond acceptors (Lipinski definition) is 4. The molecule has 170 valence electrons. The molecule has 6 nitrogen and oxygen atoms in total. The topological polar surface area (TPSA) is 64.1 Å². The van der Waals surface area contributed by atoms with Crippen molar-refractivity contribution in [3.05, 3.63) is 64.7 Å². The summed E-state index contributed by atoms with van der Waals surface area (Å²) in [6.07, 6.45) is 1.09. The summed E-state index contributed by atoms with van der Waals surface area (Å²) in [6, 6.07) is 14.7. The molecule has 2 rings (SSSR count). The SMILES string of the molecule is CN=C(NCc1cccc(COC(C)C)c1)NCc1ccc(C)cc1OCCCOC. The third kappa shape index (κ3) is 9.40. The van der Waals surface area contributed by atoms with Gasteiger partial charge in [-0.15, -0.1) is 0 Å². The predicted octanol–water partition coefficient (Wildman–Crippen LogP) is 4.20. The zero-order valence-electron chi connectivity index (χ0n) is 19.5. The maximum atomic E-state index is 5.98. The van der Waals surface area contributed by atoms with Gasteiger partial charge in [-0.05, 0) is 43.5 Å². The zero-order chi connectivity index (χ0) is 22.5. The van der Waals surface area contributed by atoms with Crippen molar-refractivity contribution in [2.75, 3.05) is 27.4 Å². The van der Waals surface area contributed by atoms with Crippen LogP contribution in [0.15, 0.2) is 47.5 Å². The Morgan fingerprint density at radius 1 is 1.00 bits per heavy atom. The van der Waals surface area contributed by atoms with E-state index in [4.69, 9.17) is 14.2 Å². The Morgan fingerprint density at radius 3 is 2.52 bits per heavy atom. The summed E-state index contributed by atoms with van der Waals surface area (Å²) in [5.74, 6) is 1.65. The first-order chi connectivity index (χ1) is 15.0. The van der Waals surface area contributed by atoms with Gasteiger partial charge in [-0.25, -0.2) is 0 Å². The second kappa shape index (κ2) is 13.7. The summed E-state index contributed by atoms with van der Waals surface area (Å²) in [6.45, 7) is 9.43. The number of nitrogens with one attached hydrogen (secondary N) is 2. The third-order valence-corrected chi connectivity index (χ3v) is 4.68. The van der Waals surface area contributed by atoms with Crippen LogP contribution in [0.3, 0.4) is 0 Å². The van der Waals surface area contributed by atoms with Crippen LogP contribution in [0.2, 0.25) is 0 Å². The monoisotopic (exact) mass is 427 g/mol. The van der Waals surface area contributed by atoms with Crippen LogP contribution in [0.1, 0.15) is 42.5 Å². The predicted molar refractivity (Wildman–Crippen MR) is 127 cm³/mol. The van der Waals surface area contributed by atoms with Gasteiger partial charge in [0.25, 0.3) is 0 Å². The number of methoxy groups -OCH3 is 1. The number of aryl methyl sites for hydroxylation is 1.